The fourth-order valence-electron chi connectivity index (χ4n) is 2.81. The summed E-state index contributed by atoms with van der Waals surface area (Å²) in [7, 11) is 3.83. The third kappa shape index (κ3) is 4.96. The number of hydrogen-bond donors (Lipinski definition) is 1. The fourth-order valence-corrected chi connectivity index (χ4v) is 3.98. The van der Waals surface area contributed by atoms with Gasteiger partial charge in [0.25, 0.3) is 0 Å². The number of hydrogen-bond acceptors (Lipinski definition) is 4. The van der Waals surface area contributed by atoms with Gasteiger partial charge >= 0.3 is 5.97 Å². The molecular formula is C21H28N2O3S. The molecule has 2 rings (SSSR count). The molecule has 2 aromatic rings. The van der Waals surface area contributed by atoms with Gasteiger partial charge in [0.2, 0.25) is 0 Å². The number of esters is 1. The van der Waals surface area contributed by atoms with Crippen LogP contribution in [-0.4, -0.2) is 31.4 Å². The van der Waals surface area contributed by atoms with Crippen molar-refractivity contribution in [1.82, 2.24) is 4.72 Å². The SMILES string of the molecule is COC(=O)C(C)(C)[C@@H](N[S@](=O)c1ccc(C)cc1)c1ccc(N(C)C)cc1. The van der Waals surface area contributed by atoms with E-state index in [0.29, 0.717) is 4.90 Å². The number of benzene rings is 2. The number of nitrogens with one attached hydrogen (secondary N) is 1. The largest absolute Gasteiger partial charge is 0.469 e. The van der Waals surface area contributed by atoms with Crippen LogP contribution in [-0.2, 0) is 20.5 Å². The molecule has 0 unspecified atom stereocenters. The molecular weight excluding hydrogens is 360 g/mol. The molecule has 0 saturated carbocycles. The Kier molecular flexibility index (Phi) is 6.78. The third-order valence-electron chi connectivity index (χ3n) is 4.64. The van der Waals surface area contributed by atoms with Crippen molar-refractivity contribution in [3.05, 3.63) is 59.7 Å². The molecule has 0 aromatic heterocycles. The second-order valence-corrected chi connectivity index (χ2v) is 8.58. The summed E-state index contributed by atoms with van der Waals surface area (Å²) in [6.07, 6.45) is 0. The first-order chi connectivity index (χ1) is 12.7. The zero-order valence-corrected chi connectivity index (χ0v) is 17.6. The van der Waals surface area contributed by atoms with Crippen LogP contribution in [0.2, 0.25) is 0 Å². The highest BCUT2D eigenvalue weighted by molar-refractivity contribution is 7.83. The third-order valence-corrected chi connectivity index (χ3v) is 5.79. The van der Waals surface area contributed by atoms with Crippen LogP contribution in [0.25, 0.3) is 0 Å². The second kappa shape index (κ2) is 8.67. The van der Waals surface area contributed by atoms with Crippen LogP contribution in [0.5, 0.6) is 0 Å². The Hall–Kier alpha value is -2.18. The van der Waals surface area contributed by atoms with Crippen molar-refractivity contribution in [2.24, 2.45) is 5.41 Å². The Bertz CT molecular complexity index is 799. The predicted molar refractivity (Wildman–Crippen MR) is 110 cm³/mol. The van der Waals surface area contributed by atoms with E-state index in [1.54, 1.807) is 13.8 Å². The van der Waals surface area contributed by atoms with Crippen molar-refractivity contribution in [3.63, 3.8) is 0 Å². The van der Waals surface area contributed by atoms with E-state index >= 15 is 0 Å². The van der Waals surface area contributed by atoms with Crippen molar-refractivity contribution in [1.29, 1.82) is 0 Å². The van der Waals surface area contributed by atoms with E-state index in [-0.39, 0.29) is 5.97 Å². The Morgan fingerprint density at radius 2 is 1.63 bits per heavy atom. The molecule has 0 aliphatic carbocycles. The van der Waals surface area contributed by atoms with E-state index in [9.17, 15) is 9.00 Å². The first-order valence-corrected chi connectivity index (χ1v) is 9.92. The number of ether oxygens (including phenoxy) is 1. The minimum Gasteiger partial charge on any atom is -0.469 e. The molecule has 2 atom stereocenters. The summed E-state index contributed by atoms with van der Waals surface area (Å²) in [6, 6.07) is 14.9. The number of aryl methyl sites for hydroxylation is 1. The fraction of sp³-hybridized carbons (Fsp3) is 0.381. The van der Waals surface area contributed by atoms with Gasteiger partial charge in [0.05, 0.1) is 23.5 Å². The number of rotatable bonds is 7. The number of carbonyl (C=O) groups excluding carboxylic acids is 1. The van der Waals surface area contributed by atoms with Gasteiger partial charge in [0.15, 0.2) is 0 Å². The monoisotopic (exact) mass is 388 g/mol. The molecule has 0 saturated heterocycles. The zero-order chi connectivity index (χ0) is 20.2. The quantitative estimate of drug-likeness (QED) is 0.736. The lowest BCUT2D eigenvalue weighted by atomic mass is 9.81. The summed E-state index contributed by atoms with van der Waals surface area (Å²) in [5.74, 6) is -0.363. The molecule has 6 heteroatoms. The van der Waals surface area contributed by atoms with Gasteiger partial charge in [0, 0.05) is 19.8 Å². The molecule has 0 bridgehead atoms. The highest BCUT2D eigenvalue weighted by atomic mass is 32.2. The lowest BCUT2D eigenvalue weighted by molar-refractivity contribution is -0.152. The van der Waals surface area contributed by atoms with Crippen LogP contribution in [0.1, 0.15) is 31.0 Å². The zero-order valence-electron chi connectivity index (χ0n) is 16.8. The average Bonchev–Trinajstić information content (AvgIpc) is 2.65. The normalized spacial score (nSPS) is 13.7. The summed E-state index contributed by atoms with van der Waals surface area (Å²) < 4.78 is 21.0. The van der Waals surface area contributed by atoms with Crippen molar-refractivity contribution in [3.8, 4) is 0 Å². The highest BCUT2D eigenvalue weighted by Gasteiger charge is 2.40. The van der Waals surface area contributed by atoms with Crippen LogP contribution in [0.3, 0.4) is 0 Å². The summed E-state index contributed by atoms with van der Waals surface area (Å²) in [4.78, 5) is 15.1. The maximum atomic E-state index is 12.9. The maximum Gasteiger partial charge on any atom is 0.313 e. The van der Waals surface area contributed by atoms with Crippen molar-refractivity contribution in [2.75, 3.05) is 26.1 Å². The van der Waals surface area contributed by atoms with Gasteiger partial charge in [-0.25, -0.2) is 8.93 Å². The predicted octanol–water partition coefficient (Wildman–Crippen LogP) is 3.61. The number of nitrogens with zero attached hydrogens (tertiary/aromatic N) is 1. The number of anilines is 1. The summed E-state index contributed by atoms with van der Waals surface area (Å²) >= 11 is 0. The molecule has 0 heterocycles. The van der Waals surface area contributed by atoms with E-state index < -0.39 is 22.4 Å². The minimum atomic E-state index is -1.47. The first-order valence-electron chi connectivity index (χ1n) is 8.77. The Morgan fingerprint density at radius 1 is 1.07 bits per heavy atom. The first kappa shape index (κ1) is 21.1. The molecule has 2 aromatic carbocycles. The standard InChI is InChI=1S/C21H28N2O3S/c1-15-7-13-18(14-8-15)27(25)22-19(21(2,3)20(24)26-6)16-9-11-17(12-10-16)23(4)5/h7-14,19,22H,1-6H3/t19-,27+/m0/s1. The highest BCUT2D eigenvalue weighted by Crippen LogP contribution is 2.36. The van der Waals surface area contributed by atoms with Crippen LogP contribution >= 0.6 is 0 Å². The Balaban J connectivity index is 2.39. The van der Waals surface area contributed by atoms with E-state index in [1.807, 2.05) is 74.4 Å². The van der Waals surface area contributed by atoms with Crippen LogP contribution < -0.4 is 9.62 Å². The molecule has 0 radical (unpaired) electrons. The van der Waals surface area contributed by atoms with E-state index in [1.165, 1.54) is 7.11 Å². The average molecular weight is 389 g/mol. The van der Waals surface area contributed by atoms with Gasteiger partial charge in [-0.05, 0) is 50.6 Å². The summed E-state index contributed by atoms with van der Waals surface area (Å²) in [5, 5.41) is 0. The second-order valence-electron chi connectivity index (χ2n) is 7.33. The van der Waals surface area contributed by atoms with Gasteiger partial charge in [-0.15, -0.1) is 0 Å². The molecule has 0 fully saturated rings. The molecule has 0 spiro atoms. The van der Waals surface area contributed by atoms with Crippen LogP contribution in [0.15, 0.2) is 53.4 Å². The van der Waals surface area contributed by atoms with E-state index in [0.717, 1.165) is 16.8 Å². The van der Waals surface area contributed by atoms with Gasteiger partial charge in [-0.2, -0.15) is 0 Å². The van der Waals surface area contributed by atoms with Crippen molar-refractivity contribution < 1.29 is 13.7 Å². The number of carbonyl (C=O) groups is 1. The molecule has 146 valence electrons. The van der Waals surface area contributed by atoms with Gasteiger partial charge in [-0.3, -0.25) is 4.79 Å². The molecule has 0 amide bonds. The smallest absolute Gasteiger partial charge is 0.313 e. The van der Waals surface area contributed by atoms with E-state index in [2.05, 4.69) is 4.72 Å². The van der Waals surface area contributed by atoms with Gasteiger partial charge in [-0.1, -0.05) is 29.8 Å². The molecule has 1 N–H and O–H groups in total. The lowest BCUT2D eigenvalue weighted by Gasteiger charge is -2.32. The van der Waals surface area contributed by atoms with Crippen LogP contribution in [0, 0.1) is 12.3 Å². The molecule has 27 heavy (non-hydrogen) atoms. The Labute approximate surface area is 164 Å². The van der Waals surface area contributed by atoms with Crippen molar-refractivity contribution in [2.45, 2.75) is 31.7 Å². The summed E-state index contributed by atoms with van der Waals surface area (Å²) in [6.45, 7) is 5.57. The minimum absolute atomic E-state index is 0.363. The van der Waals surface area contributed by atoms with Gasteiger partial charge in [0.1, 0.15) is 11.0 Å². The molecule has 0 aliphatic rings. The van der Waals surface area contributed by atoms with Crippen molar-refractivity contribution >= 4 is 22.6 Å². The molecule has 5 nitrogen and oxygen atoms in total. The Morgan fingerprint density at radius 3 is 2.11 bits per heavy atom. The van der Waals surface area contributed by atoms with Gasteiger partial charge < -0.3 is 9.64 Å². The lowest BCUT2D eigenvalue weighted by Crippen LogP contribution is -2.41. The number of methoxy groups -OCH3 is 1. The summed E-state index contributed by atoms with van der Waals surface area (Å²) in [5.41, 5.74) is 2.11. The molecule has 0 aliphatic heterocycles. The maximum absolute atomic E-state index is 12.9. The van der Waals surface area contributed by atoms with E-state index in [4.69, 9.17) is 4.74 Å². The topological polar surface area (TPSA) is 58.6 Å². The van der Waals surface area contributed by atoms with Crippen LogP contribution in [0.4, 0.5) is 5.69 Å².